The lowest BCUT2D eigenvalue weighted by Crippen LogP contribution is -2.53. The second kappa shape index (κ2) is 8.74. The van der Waals surface area contributed by atoms with Crippen LogP contribution >= 0.6 is 11.8 Å². The van der Waals surface area contributed by atoms with Crippen LogP contribution in [0.25, 0.3) is 0 Å². The maximum Gasteiger partial charge on any atom is 0.351 e. The minimum Gasteiger partial charge on any atom is -0.478 e. The fourth-order valence-corrected chi connectivity index (χ4v) is 2.22. The SMILES string of the molecule is CCN(CC)C(C)COC(N)(CCSC)C(=O)O. The molecule has 0 amide bonds. The van der Waals surface area contributed by atoms with Crippen LogP contribution < -0.4 is 5.73 Å². The van der Waals surface area contributed by atoms with Crippen molar-refractivity contribution in [3.8, 4) is 0 Å². The van der Waals surface area contributed by atoms with Crippen molar-refractivity contribution < 1.29 is 14.6 Å². The van der Waals surface area contributed by atoms with E-state index in [0.717, 1.165) is 13.1 Å². The van der Waals surface area contributed by atoms with Crippen molar-refractivity contribution in [2.45, 2.75) is 39.0 Å². The number of hydrogen-bond acceptors (Lipinski definition) is 5. The van der Waals surface area contributed by atoms with Crippen molar-refractivity contribution in [3.05, 3.63) is 0 Å². The van der Waals surface area contributed by atoms with Gasteiger partial charge in [0, 0.05) is 12.5 Å². The fourth-order valence-electron chi connectivity index (χ4n) is 1.72. The topological polar surface area (TPSA) is 75.8 Å². The minimum absolute atomic E-state index is 0.163. The molecule has 0 aromatic carbocycles. The highest BCUT2D eigenvalue weighted by molar-refractivity contribution is 7.98. The molecule has 18 heavy (non-hydrogen) atoms. The first-order valence-corrected chi connectivity index (χ1v) is 7.69. The molecule has 0 bridgehead atoms. The third-order valence-corrected chi connectivity index (χ3v) is 3.67. The lowest BCUT2D eigenvalue weighted by atomic mass is 10.1. The Morgan fingerprint density at radius 3 is 2.44 bits per heavy atom. The zero-order valence-electron chi connectivity index (χ0n) is 11.8. The molecule has 0 saturated carbocycles. The summed E-state index contributed by atoms with van der Waals surface area (Å²) in [4.78, 5) is 13.4. The molecule has 108 valence electrons. The number of carbonyl (C=O) groups is 1. The van der Waals surface area contributed by atoms with Crippen LogP contribution in [0.1, 0.15) is 27.2 Å². The molecule has 0 spiro atoms. The van der Waals surface area contributed by atoms with Crippen LogP contribution in [0.15, 0.2) is 0 Å². The van der Waals surface area contributed by atoms with Crippen molar-refractivity contribution in [2.75, 3.05) is 31.7 Å². The van der Waals surface area contributed by atoms with Crippen LogP contribution in [-0.2, 0) is 9.53 Å². The van der Waals surface area contributed by atoms with Gasteiger partial charge in [-0.25, -0.2) is 4.79 Å². The molecular weight excluding hydrogens is 252 g/mol. The molecule has 0 aliphatic carbocycles. The number of likely N-dealkylation sites (N-methyl/N-ethyl adjacent to an activating group) is 1. The van der Waals surface area contributed by atoms with Gasteiger partial charge in [0.2, 0.25) is 5.72 Å². The molecular formula is C12H26N2O3S. The van der Waals surface area contributed by atoms with Crippen LogP contribution in [-0.4, -0.2) is 59.4 Å². The number of nitrogens with two attached hydrogens (primary N) is 1. The lowest BCUT2D eigenvalue weighted by molar-refractivity contribution is -0.167. The molecule has 0 aliphatic heterocycles. The summed E-state index contributed by atoms with van der Waals surface area (Å²) in [6.07, 6.45) is 2.23. The van der Waals surface area contributed by atoms with E-state index in [-0.39, 0.29) is 6.04 Å². The summed E-state index contributed by atoms with van der Waals surface area (Å²) in [5, 5.41) is 9.15. The largest absolute Gasteiger partial charge is 0.478 e. The number of aliphatic carboxylic acids is 1. The Morgan fingerprint density at radius 1 is 1.50 bits per heavy atom. The van der Waals surface area contributed by atoms with E-state index in [1.807, 2.05) is 13.2 Å². The van der Waals surface area contributed by atoms with Gasteiger partial charge in [-0.1, -0.05) is 13.8 Å². The van der Waals surface area contributed by atoms with Crippen molar-refractivity contribution in [3.63, 3.8) is 0 Å². The molecule has 0 radical (unpaired) electrons. The Labute approximate surface area is 114 Å². The Balaban J connectivity index is 4.38. The summed E-state index contributed by atoms with van der Waals surface area (Å²) in [6.45, 7) is 8.32. The standard InChI is InChI=1S/C12H26N2O3S/c1-5-14(6-2)10(3)9-17-12(13,11(15)16)7-8-18-4/h10H,5-9,13H2,1-4H3,(H,15,16). The molecule has 0 fully saturated rings. The maximum atomic E-state index is 11.2. The highest BCUT2D eigenvalue weighted by Crippen LogP contribution is 2.14. The number of hydrogen-bond donors (Lipinski definition) is 2. The van der Waals surface area contributed by atoms with Gasteiger partial charge in [-0.15, -0.1) is 0 Å². The molecule has 0 aromatic rings. The summed E-state index contributed by atoms with van der Waals surface area (Å²) >= 11 is 1.56. The summed E-state index contributed by atoms with van der Waals surface area (Å²) < 4.78 is 5.46. The van der Waals surface area contributed by atoms with Crippen molar-refractivity contribution in [1.29, 1.82) is 0 Å². The number of nitrogens with zero attached hydrogens (tertiary/aromatic N) is 1. The van der Waals surface area contributed by atoms with Gasteiger partial charge in [-0.3, -0.25) is 10.6 Å². The first-order chi connectivity index (χ1) is 8.41. The average Bonchev–Trinajstić information content (AvgIpc) is 2.35. The predicted octanol–water partition coefficient (Wildman–Crippen LogP) is 1.23. The van der Waals surface area contributed by atoms with E-state index < -0.39 is 11.7 Å². The molecule has 2 atom stereocenters. The maximum absolute atomic E-state index is 11.2. The smallest absolute Gasteiger partial charge is 0.351 e. The monoisotopic (exact) mass is 278 g/mol. The molecule has 6 heteroatoms. The Bertz CT molecular complexity index is 249. The second-order valence-electron chi connectivity index (χ2n) is 4.32. The quantitative estimate of drug-likeness (QED) is 0.585. The van der Waals surface area contributed by atoms with Crippen LogP contribution in [0.4, 0.5) is 0 Å². The van der Waals surface area contributed by atoms with Gasteiger partial charge in [0.25, 0.3) is 0 Å². The van der Waals surface area contributed by atoms with Crippen molar-refractivity contribution >= 4 is 17.7 Å². The number of carboxylic acids is 1. The van der Waals surface area contributed by atoms with Gasteiger partial charge in [-0.05, 0) is 32.0 Å². The fraction of sp³-hybridized carbons (Fsp3) is 0.917. The van der Waals surface area contributed by atoms with Crippen LogP contribution in [0.3, 0.4) is 0 Å². The summed E-state index contributed by atoms with van der Waals surface area (Å²) in [5.41, 5.74) is 4.24. The Kier molecular flexibility index (Phi) is 8.60. The molecule has 5 nitrogen and oxygen atoms in total. The van der Waals surface area contributed by atoms with Crippen LogP contribution in [0.5, 0.6) is 0 Å². The number of carboxylic acid groups (broad SMARTS) is 1. The van der Waals surface area contributed by atoms with Gasteiger partial charge in [-0.2, -0.15) is 11.8 Å². The minimum atomic E-state index is -1.57. The summed E-state index contributed by atoms with van der Waals surface area (Å²) in [5.74, 6) is -0.425. The van der Waals surface area contributed by atoms with Gasteiger partial charge in [0.15, 0.2) is 0 Å². The van der Waals surface area contributed by atoms with E-state index >= 15 is 0 Å². The van der Waals surface area contributed by atoms with Crippen molar-refractivity contribution in [2.24, 2.45) is 5.73 Å². The molecule has 0 heterocycles. The van der Waals surface area contributed by atoms with E-state index in [1.165, 1.54) is 0 Å². The number of ether oxygens (including phenoxy) is 1. The molecule has 0 saturated heterocycles. The highest BCUT2D eigenvalue weighted by Gasteiger charge is 2.35. The van der Waals surface area contributed by atoms with E-state index in [1.54, 1.807) is 11.8 Å². The third kappa shape index (κ3) is 5.56. The van der Waals surface area contributed by atoms with Crippen LogP contribution in [0.2, 0.25) is 0 Å². The molecule has 0 rings (SSSR count). The van der Waals surface area contributed by atoms with Gasteiger partial charge < -0.3 is 9.84 Å². The van der Waals surface area contributed by atoms with E-state index in [0.29, 0.717) is 18.8 Å². The van der Waals surface area contributed by atoms with E-state index in [9.17, 15) is 4.79 Å². The normalized spacial score (nSPS) is 16.6. The molecule has 2 unspecified atom stereocenters. The zero-order valence-corrected chi connectivity index (χ0v) is 12.6. The Morgan fingerprint density at radius 2 is 2.06 bits per heavy atom. The number of rotatable bonds is 10. The van der Waals surface area contributed by atoms with Gasteiger partial charge in [0.05, 0.1) is 6.61 Å². The summed E-state index contributed by atoms with van der Waals surface area (Å²) in [6, 6.07) is 0.163. The van der Waals surface area contributed by atoms with Gasteiger partial charge >= 0.3 is 5.97 Å². The Hall–Kier alpha value is -0.300. The zero-order chi connectivity index (χ0) is 14.2. The summed E-state index contributed by atoms with van der Waals surface area (Å²) in [7, 11) is 0. The van der Waals surface area contributed by atoms with E-state index in [2.05, 4.69) is 18.7 Å². The van der Waals surface area contributed by atoms with Gasteiger partial charge in [0.1, 0.15) is 0 Å². The molecule has 0 aliphatic rings. The third-order valence-electron chi connectivity index (χ3n) is 3.06. The molecule has 0 aromatic heterocycles. The average molecular weight is 278 g/mol. The van der Waals surface area contributed by atoms with Crippen LogP contribution in [0, 0.1) is 0 Å². The van der Waals surface area contributed by atoms with E-state index in [4.69, 9.17) is 15.6 Å². The first-order valence-electron chi connectivity index (χ1n) is 6.30. The molecule has 3 N–H and O–H groups in total. The number of thioether (sulfide) groups is 1. The second-order valence-corrected chi connectivity index (χ2v) is 5.30. The lowest BCUT2D eigenvalue weighted by Gasteiger charge is -2.31. The highest BCUT2D eigenvalue weighted by atomic mass is 32.2. The predicted molar refractivity (Wildman–Crippen MR) is 75.9 cm³/mol. The first kappa shape index (κ1) is 17.7. The van der Waals surface area contributed by atoms with Crippen molar-refractivity contribution in [1.82, 2.24) is 4.90 Å².